The molecule has 110 valence electrons. The Balaban J connectivity index is 2.80. The zero-order valence-corrected chi connectivity index (χ0v) is 12.1. The van der Waals surface area contributed by atoms with Gasteiger partial charge in [-0.1, -0.05) is 26.0 Å². The number of amides is 1. The van der Waals surface area contributed by atoms with Crippen LogP contribution in [0, 0.1) is 5.92 Å². The second kappa shape index (κ2) is 7.53. The van der Waals surface area contributed by atoms with Crippen LogP contribution in [-0.2, 0) is 9.53 Å². The molecule has 0 radical (unpaired) electrons. The van der Waals surface area contributed by atoms with Gasteiger partial charge < -0.3 is 14.6 Å². The van der Waals surface area contributed by atoms with Crippen LogP contribution in [0.2, 0.25) is 0 Å². The zero-order valence-electron chi connectivity index (χ0n) is 12.1. The molecule has 5 heteroatoms. The molecule has 0 heterocycles. The Morgan fingerprint density at radius 1 is 1.30 bits per heavy atom. The van der Waals surface area contributed by atoms with Crippen LogP contribution in [0.15, 0.2) is 24.3 Å². The van der Waals surface area contributed by atoms with Crippen molar-refractivity contribution >= 4 is 12.4 Å². The molecule has 5 nitrogen and oxygen atoms in total. The van der Waals surface area contributed by atoms with Crippen LogP contribution >= 0.6 is 0 Å². The second-order valence-electron chi connectivity index (χ2n) is 5.06. The van der Waals surface area contributed by atoms with Crippen LogP contribution in [-0.4, -0.2) is 35.5 Å². The number of carbonyl (C=O) groups is 2. The lowest BCUT2D eigenvalue weighted by molar-refractivity contribution is -0.109. The molecule has 1 N–H and O–H groups in total. The summed E-state index contributed by atoms with van der Waals surface area (Å²) in [6, 6.07) is 6.22. The predicted molar refractivity (Wildman–Crippen MR) is 75.5 cm³/mol. The number of carbonyl (C=O) groups excluding carboxylic acids is 2. The molecule has 1 amide bonds. The third-order valence-electron chi connectivity index (χ3n) is 2.89. The summed E-state index contributed by atoms with van der Waals surface area (Å²) in [7, 11) is 0. The standard InChI is InChI=1S/C15H21NO4/c1-11(2)10-20-15(19)16(8-9-17)12(3)13-4-6-14(18)7-5-13/h4-7,9,11-12,18H,8,10H2,1-3H3/t12-/m1/s1. The molecule has 1 aromatic rings. The van der Waals surface area contributed by atoms with Crippen molar-refractivity contribution in [3.05, 3.63) is 29.8 Å². The van der Waals surface area contributed by atoms with E-state index < -0.39 is 6.09 Å². The maximum Gasteiger partial charge on any atom is 0.410 e. The van der Waals surface area contributed by atoms with Gasteiger partial charge in [-0.3, -0.25) is 4.90 Å². The molecule has 0 unspecified atom stereocenters. The average Bonchev–Trinajstić information content (AvgIpc) is 2.42. The molecule has 0 aromatic heterocycles. The molecule has 1 aromatic carbocycles. The molecule has 0 fully saturated rings. The second-order valence-corrected chi connectivity index (χ2v) is 5.06. The number of ether oxygens (including phenoxy) is 1. The van der Waals surface area contributed by atoms with E-state index in [-0.39, 0.29) is 24.3 Å². The topological polar surface area (TPSA) is 66.8 Å². The van der Waals surface area contributed by atoms with Crippen LogP contribution in [0.4, 0.5) is 4.79 Å². The smallest absolute Gasteiger partial charge is 0.410 e. The van der Waals surface area contributed by atoms with E-state index in [1.807, 2.05) is 20.8 Å². The third-order valence-corrected chi connectivity index (χ3v) is 2.89. The van der Waals surface area contributed by atoms with Gasteiger partial charge in [-0.05, 0) is 30.5 Å². The Morgan fingerprint density at radius 2 is 1.90 bits per heavy atom. The fraction of sp³-hybridized carbons (Fsp3) is 0.467. The minimum atomic E-state index is -0.508. The molecule has 0 aliphatic carbocycles. The summed E-state index contributed by atoms with van der Waals surface area (Å²) in [6.45, 7) is 5.99. The molecule has 0 saturated carbocycles. The van der Waals surface area contributed by atoms with Crippen LogP contribution in [0.1, 0.15) is 32.4 Å². The lowest BCUT2D eigenvalue weighted by atomic mass is 10.1. The highest BCUT2D eigenvalue weighted by atomic mass is 16.6. The van der Waals surface area contributed by atoms with Crippen LogP contribution in [0.3, 0.4) is 0 Å². The van der Waals surface area contributed by atoms with E-state index in [2.05, 4.69) is 0 Å². The van der Waals surface area contributed by atoms with Crippen molar-refractivity contribution in [1.82, 2.24) is 4.90 Å². The van der Waals surface area contributed by atoms with E-state index in [0.29, 0.717) is 12.9 Å². The van der Waals surface area contributed by atoms with Crippen molar-refractivity contribution < 1.29 is 19.4 Å². The summed E-state index contributed by atoms with van der Waals surface area (Å²) in [4.78, 5) is 24.1. The highest BCUT2D eigenvalue weighted by Gasteiger charge is 2.22. The first-order chi connectivity index (χ1) is 9.45. The number of nitrogens with zero attached hydrogens (tertiary/aromatic N) is 1. The Kier molecular flexibility index (Phi) is 6.03. The van der Waals surface area contributed by atoms with Crippen molar-refractivity contribution in [3.8, 4) is 5.75 Å². The summed E-state index contributed by atoms with van der Waals surface area (Å²) in [5.74, 6) is 0.395. The van der Waals surface area contributed by atoms with E-state index in [0.717, 1.165) is 5.56 Å². The van der Waals surface area contributed by atoms with E-state index in [4.69, 9.17) is 4.74 Å². The predicted octanol–water partition coefficient (Wildman–Crippen LogP) is 2.75. The van der Waals surface area contributed by atoms with Crippen molar-refractivity contribution in [2.24, 2.45) is 5.92 Å². The van der Waals surface area contributed by atoms with Gasteiger partial charge in [-0.25, -0.2) is 4.79 Å². The Bertz CT molecular complexity index is 442. The van der Waals surface area contributed by atoms with Crippen LogP contribution in [0.25, 0.3) is 0 Å². The molecule has 0 aliphatic rings. The fourth-order valence-electron chi connectivity index (χ4n) is 1.72. The monoisotopic (exact) mass is 279 g/mol. The number of phenols is 1. The van der Waals surface area contributed by atoms with Gasteiger partial charge in [0.05, 0.1) is 19.2 Å². The SMILES string of the molecule is CC(C)COC(=O)N(CC=O)[C@H](C)c1ccc(O)cc1. The summed E-state index contributed by atoms with van der Waals surface area (Å²) in [5, 5.41) is 9.27. The zero-order chi connectivity index (χ0) is 15.1. The van der Waals surface area contributed by atoms with Gasteiger partial charge in [0.2, 0.25) is 0 Å². The van der Waals surface area contributed by atoms with Gasteiger partial charge >= 0.3 is 6.09 Å². The highest BCUT2D eigenvalue weighted by Crippen LogP contribution is 2.22. The lowest BCUT2D eigenvalue weighted by Gasteiger charge is -2.27. The fourth-order valence-corrected chi connectivity index (χ4v) is 1.72. The molecule has 0 spiro atoms. The molecule has 20 heavy (non-hydrogen) atoms. The average molecular weight is 279 g/mol. The molecular formula is C15H21NO4. The van der Waals surface area contributed by atoms with E-state index >= 15 is 0 Å². The maximum absolute atomic E-state index is 12.0. The number of hydrogen-bond donors (Lipinski definition) is 1. The minimum absolute atomic E-state index is 0.0288. The van der Waals surface area contributed by atoms with Gasteiger partial charge in [0.25, 0.3) is 0 Å². The van der Waals surface area contributed by atoms with Crippen LogP contribution < -0.4 is 0 Å². The Hall–Kier alpha value is -2.04. The first-order valence-electron chi connectivity index (χ1n) is 6.61. The molecule has 1 atom stereocenters. The summed E-state index contributed by atoms with van der Waals surface area (Å²) < 4.78 is 5.16. The number of aldehydes is 1. The number of rotatable bonds is 6. The van der Waals surface area contributed by atoms with Crippen molar-refractivity contribution in [3.63, 3.8) is 0 Å². The molecule has 0 bridgehead atoms. The van der Waals surface area contributed by atoms with Gasteiger partial charge in [0.1, 0.15) is 12.0 Å². The number of phenolic OH excluding ortho intramolecular Hbond substituents is 1. The Morgan fingerprint density at radius 3 is 2.40 bits per heavy atom. The first-order valence-corrected chi connectivity index (χ1v) is 6.61. The van der Waals surface area contributed by atoms with Crippen LogP contribution in [0.5, 0.6) is 5.75 Å². The summed E-state index contributed by atoms with van der Waals surface area (Å²) in [5.41, 5.74) is 0.825. The summed E-state index contributed by atoms with van der Waals surface area (Å²) >= 11 is 0. The van der Waals surface area contributed by atoms with Crippen molar-refractivity contribution in [2.45, 2.75) is 26.8 Å². The quantitative estimate of drug-likeness (QED) is 0.813. The number of hydrogen-bond acceptors (Lipinski definition) is 4. The van der Waals surface area contributed by atoms with Gasteiger partial charge in [-0.15, -0.1) is 0 Å². The highest BCUT2D eigenvalue weighted by molar-refractivity contribution is 5.72. The molecular weight excluding hydrogens is 258 g/mol. The van der Waals surface area contributed by atoms with E-state index in [1.165, 1.54) is 4.90 Å². The van der Waals surface area contributed by atoms with Gasteiger partial charge in [0, 0.05) is 0 Å². The van der Waals surface area contributed by atoms with E-state index in [1.54, 1.807) is 24.3 Å². The summed E-state index contributed by atoms with van der Waals surface area (Å²) in [6.07, 6.45) is 0.166. The van der Waals surface area contributed by atoms with Gasteiger partial charge in [0.15, 0.2) is 0 Å². The van der Waals surface area contributed by atoms with Crippen molar-refractivity contribution in [2.75, 3.05) is 13.2 Å². The molecule has 1 rings (SSSR count). The van der Waals surface area contributed by atoms with Crippen molar-refractivity contribution in [1.29, 1.82) is 0 Å². The largest absolute Gasteiger partial charge is 0.508 e. The Labute approximate surface area is 119 Å². The third kappa shape index (κ3) is 4.57. The van der Waals surface area contributed by atoms with E-state index in [9.17, 15) is 14.7 Å². The normalized spacial score (nSPS) is 12.0. The molecule has 0 aliphatic heterocycles. The van der Waals surface area contributed by atoms with Gasteiger partial charge in [-0.2, -0.15) is 0 Å². The minimum Gasteiger partial charge on any atom is -0.508 e. The number of aromatic hydroxyl groups is 1. The maximum atomic E-state index is 12.0. The number of benzene rings is 1. The lowest BCUT2D eigenvalue weighted by Crippen LogP contribution is -2.36. The molecule has 0 saturated heterocycles. The first kappa shape index (κ1) is 16.0.